The Labute approximate surface area is 163 Å². The molecule has 1 atom stereocenters. The average Bonchev–Trinajstić information content (AvgIpc) is 2.66. The standard InChI is InChI=1S/C19H29F3N4O2/c1-3-14(4-2)17(26-9-11-27-12-10-26)13-24-18(23)25-15-5-7-16(8-6-15)28-19(20,21)22/h5-8,14,17H,3-4,9-13H2,1-2H3,(H3,23,24,25). The van der Waals surface area contributed by atoms with Crippen molar-refractivity contribution >= 4 is 11.6 Å². The number of nitrogens with one attached hydrogen (secondary N) is 1. The molecule has 158 valence electrons. The second-order valence-corrected chi connectivity index (χ2v) is 6.72. The van der Waals surface area contributed by atoms with Crippen LogP contribution in [0.3, 0.4) is 0 Å². The molecule has 1 unspecified atom stereocenters. The summed E-state index contributed by atoms with van der Waals surface area (Å²) in [4.78, 5) is 6.89. The number of ether oxygens (including phenoxy) is 2. The van der Waals surface area contributed by atoms with E-state index in [0.29, 0.717) is 18.2 Å². The smallest absolute Gasteiger partial charge is 0.406 e. The molecule has 0 saturated carbocycles. The summed E-state index contributed by atoms with van der Waals surface area (Å²) < 4.78 is 45.9. The van der Waals surface area contributed by atoms with Crippen LogP contribution in [0.4, 0.5) is 18.9 Å². The normalized spacial score (nSPS) is 17.6. The van der Waals surface area contributed by atoms with Gasteiger partial charge in [-0.1, -0.05) is 26.7 Å². The van der Waals surface area contributed by atoms with Gasteiger partial charge in [0.15, 0.2) is 5.96 Å². The Bertz CT molecular complexity index is 613. The lowest BCUT2D eigenvalue weighted by Gasteiger charge is -2.38. The van der Waals surface area contributed by atoms with Crippen LogP contribution >= 0.6 is 0 Å². The molecule has 1 saturated heterocycles. The van der Waals surface area contributed by atoms with Crippen molar-refractivity contribution in [2.75, 3.05) is 38.2 Å². The van der Waals surface area contributed by atoms with Crippen molar-refractivity contribution in [1.29, 1.82) is 0 Å². The van der Waals surface area contributed by atoms with Crippen LogP contribution in [0, 0.1) is 5.92 Å². The summed E-state index contributed by atoms with van der Waals surface area (Å²) in [6.45, 7) is 8.12. The van der Waals surface area contributed by atoms with E-state index in [4.69, 9.17) is 10.5 Å². The summed E-state index contributed by atoms with van der Waals surface area (Å²) in [6, 6.07) is 5.66. The van der Waals surface area contributed by atoms with Crippen LogP contribution in [0.1, 0.15) is 26.7 Å². The predicted molar refractivity (Wildman–Crippen MR) is 103 cm³/mol. The zero-order chi connectivity index (χ0) is 20.6. The molecule has 6 nitrogen and oxygen atoms in total. The molecule has 2 rings (SSSR count). The highest BCUT2D eigenvalue weighted by Crippen LogP contribution is 2.24. The van der Waals surface area contributed by atoms with E-state index in [2.05, 4.69) is 33.8 Å². The minimum absolute atomic E-state index is 0.230. The van der Waals surface area contributed by atoms with Crippen LogP contribution in [0.5, 0.6) is 5.75 Å². The number of morpholine rings is 1. The number of benzene rings is 1. The number of hydrogen-bond donors (Lipinski definition) is 2. The second-order valence-electron chi connectivity index (χ2n) is 6.72. The van der Waals surface area contributed by atoms with Gasteiger partial charge in [-0.25, -0.2) is 0 Å². The number of nitrogens with zero attached hydrogens (tertiary/aromatic N) is 2. The van der Waals surface area contributed by atoms with Gasteiger partial charge >= 0.3 is 6.36 Å². The quantitative estimate of drug-likeness (QED) is 0.515. The maximum absolute atomic E-state index is 12.2. The van der Waals surface area contributed by atoms with Gasteiger partial charge in [-0.2, -0.15) is 0 Å². The Morgan fingerprint density at radius 3 is 2.36 bits per heavy atom. The first-order valence-corrected chi connectivity index (χ1v) is 9.57. The lowest BCUT2D eigenvalue weighted by molar-refractivity contribution is -0.274. The van der Waals surface area contributed by atoms with Gasteiger partial charge in [0, 0.05) is 24.8 Å². The first-order chi connectivity index (χ1) is 13.3. The van der Waals surface area contributed by atoms with Crippen molar-refractivity contribution in [2.24, 2.45) is 16.6 Å². The molecule has 0 amide bonds. The third-order valence-corrected chi connectivity index (χ3v) is 4.92. The maximum atomic E-state index is 12.2. The second kappa shape index (κ2) is 10.5. The van der Waals surface area contributed by atoms with Gasteiger partial charge in [-0.15, -0.1) is 13.2 Å². The molecule has 0 bridgehead atoms. The number of rotatable bonds is 8. The van der Waals surface area contributed by atoms with Gasteiger partial charge in [0.2, 0.25) is 0 Å². The molecule has 1 aliphatic heterocycles. The summed E-state index contributed by atoms with van der Waals surface area (Å²) >= 11 is 0. The van der Waals surface area contributed by atoms with Crippen LogP contribution in [0.2, 0.25) is 0 Å². The fourth-order valence-corrected chi connectivity index (χ4v) is 3.42. The summed E-state index contributed by atoms with van der Waals surface area (Å²) in [7, 11) is 0. The molecular formula is C19H29F3N4O2. The Morgan fingerprint density at radius 1 is 1.21 bits per heavy atom. The highest BCUT2D eigenvalue weighted by atomic mass is 19.4. The van der Waals surface area contributed by atoms with Gasteiger partial charge in [-0.3, -0.25) is 9.89 Å². The third-order valence-electron chi connectivity index (χ3n) is 4.92. The Hall–Kier alpha value is -2.00. The number of alkyl halides is 3. The number of nitrogens with two attached hydrogens (primary N) is 1. The molecule has 1 aromatic carbocycles. The van der Waals surface area contributed by atoms with E-state index in [1.54, 1.807) is 0 Å². The van der Waals surface area contributed by atoms with Crippen LogP contribution < -0.4 is 15.8 Å². The fourth-order valence-electron chi connectivity index (χ4n) is 3.42. The molecule has 1 heterocycles. The maximum Gasteiger partial charge on any atom is 0.573 e. The minimum atomic E-state index is -4.71. The summed E-state index contributed by atoms with van der Waals surface area (Å²) in [5, 5.41) is 2.91. The lowest BCUT2D eigenvalue weighted by Crippen LogP contribution is -2.48. The van der Waals surface area contributed by atoms with Crippen molar-refractivity contribution in [3.05, 3.63) is 24.3 Å². The van der Waals surface area contributed by atoms with Crippen molar-refractivity contribution in [3.63, 3.8) is 0 Å². The molecular weight excluding hydrogens is 373 g/mol. The van der Waals surface area contributed by atoms with E-state index in [0.717, 1.165) is 39.1 Å². The zero-order valence-electron chi connectivity index (χ0n) is 16.3. The minimum Gasteiger partial charge on any atom is -0.406 e. The third kappa shape index (κ3) is 7.20. The Morgan fingerprint density at radius 2 is 1.82 bits per heavy atom. The van der Waals surface area contributed by atoms with Gasteiger partial charge in [-0.05, 0) is 30.2 Å². The highest BCUT2D eigenvalue weighted by molar-refractivity contribution is 5.92. The number of aliphatic imine (C=N–C) groups is 1. The monoisotopic (exact) mass is 402 g/mol. The molecule has 0 spiro atoms. The van der Waals surface area contributed by atoms with E-state index in [1.165, 1.54) is 24.3 Å². The van der Waals surface area contributed by atoms with Crippen molar-refractivity contribution in [3.8, 4) is 5.75 Å². The molecule has 0 aliphatic carbocycles. The van der Waals surface area contributed by atoms with Crippen molar-refractivity contribution in [1.82, 2.24) is 4.90 Å². The summed E-state index contributed by atoms with van der Waals surface area (Å²) in [5.74, 6) is 0.455. The number of halogens is 3. The van der Waals surface area contributed by atoms with E-state index < -0.39 is 6.36 Å². The van der Waals surface area contributed by atoms with Crippen LogP contribution in [0.25, 0.3) is 0 Å². The molecule has 3 N–H and O–H groups in total. The molecule has 0 radical (unpaired) electrons. The number of anilines is 1. The molecule has 1 fully saturated rings. The molecule has 0 aromatic heterocycles. The first-order valence-electron chi connectivity index (χ1n) is 9.57. The van der Waals surface area contributed by atoms with Gasteiger partial charge < -0.3 is 20.5 Å². The van der Waals surface area contributed by atoms with Crippen molar-refractivity contribution in [2.45, 2.75) is 39.1 Å². The Balaban J connectivity index is 1.98. The lowest BCUT2D eigenvalue weighted by atomic mass is 9.92. The SMILES string of the molecule is CCC(CC)C(CN=C(N)Nc1ccc(OC(F)(F)F)cc1)N1CCOCC1. The number of guanidine groups is 1. The van der Waals surface area contributed by atoms with Crippen molar-refractivity contribution < 1.29 is 22.6 Å². The van der Waals surface area contributed by atoms with E-state index in [-0.39, 0.29) is 17.8 Å². The molecule has 1 aromatic rings. The predicted octanol–water partition coefficient (Wildman–Crippen LogP) is 3.45. The van der Waals surface area contributed by atoms with E-state index in [1.807, 2.05) is 0 Å². The zero-order valence-corrected chi connectivity index (χ0v) is 16.3. The van der Waals surface area contributed by atoms with Crippen LogP contribution in [0.15, 0.2) is 29.3 Å². The summed E-state index contributed by atoms with van der Waals surface area (Å²) in [6.07, 6.45) is -2.59. The van der Waals surface area contributed by atoms with Crippen LogP contribution in [-0.2, 0) is 4.74 Å². The van der Waals surface area contributed by atoms with E-state index >= 15 is 0 Å². The largest absolute Gasteiger partial charge is 0.573 e. The number of hydrogen-bond acceptors (Lipinski definition) is 4. The van der Waals surface area contributed by atoms with Gasteiger partial charge in [0.05, 0.1) is 19.8 Å². The van der Waals surface area contributed by atoms with Gasteiger partial charge in [0.25, 0.3) is 0 Å². The topological polar surface area (TPSA) is 72.1 Å². The highest BCUT2D eigenvalue weighted by Gasteiger charge is 2.31. The average molecular weight is 402 g/mol. The summed E-state index contributed by atoms with van der Waals surface area (Å²) in [5.41, 5.74) is 6.53. The van der Waals surface area contributed by atoms with Crippen LogP contribution in [-0.4, -0.2) is 56.1 Å². The molecule has 9 heteroatoms. The molecule has 28 heavy (non-hydrogen) atoms. The van der Waals surface area contributed by atoms with Gasteiger partial charge in [0.1, 0.15) is 5.75 Å². The fraction of sp³-hybridized carbons (Fsp3) is 0.632. The van der Waals surface area contributed by atoms with E-state index in [9.17, 15) is 13.2 Å². The Kier molecular flexibility index (Phi) is 8.37. The molecule has 1 aliphatic rings. The first kappa shape index (κ1) is 22.3.